The van der Waals surface area contributed by atoms with Crippen molar-refractivity contribution in [3.05, 3.63) is 30.1 Å². The summed E-state index contributed by atoms with van der Waals surface area (Å²) in [5.74, 6) is -0.842. The minimum atomic E-state index is -0.487. The van der Waals surface area contributed by atoms with Gasteiger partial charge in [0.2, 0.25) is 5.91 Å². The Bertz CT molecular complexity index is 414. The number of primary amides is 1. The molecule has 16 heavy (non-hydrogen) atoms. The zero-order valence-corrected chi connectivity index (χ0v) is 8.80. The van der Waals surface area contributed by atoms with Crippen molar-refractivity contribution in [3.63, 3.8) is 0 Å². The molecule has 0 aliphatic carbocycles. The van der Waals surface area contributed by atoms with Crippen molar-refractivity contribution in [2.24, 2.45) is 10.8 Å². The molecule has 1 heterocycles. The summed E-state index contributed by atoms with van der Waals surface area (Å²) in [6.07, 6.45) is 3.04. The molecular formula is C10H12N4O2. The first-order valence-corrected chi connectivity index (χ1v) is 4.61. The van der Waals surface area contributed by atoms with Crippen LogP contribution in [0.25, 0.3) is 0 Å². The van der Waals surface area contributed by atoms with Crippen LogP contribution in [0.2, 0.25) is 0 Å². The van der Waals surface area contributed by atoms with Crippen LogP contribution < -0.4 is 11.2 Å². The molecule has 0 bridgehead atoms. The third-order valence-corrected chi connectivity index (χ3v) is 1.72. The number of hydrogen-bond acceptors (Lipinski definition) is 4. The van der Waals surface area contributed by atoms with Crippen molar-refractivity contribution in [2.75, 3.05) is 0 Å². The Balaban J connectivity index is 2.56. The molecule has 0 saturated heterocycles. The summed E-state index contributed by atoms with van der Waals surface area (Å²) in [6, 6.07) is 3.13. The van der Waals surface area contributed by atoms with Crippen molar-refractivity contribution in [3.8, 4) is 0 Å². The van der Waals surface area contributed by atoms with E-state index in [0.717, 1.165) is 0 Å². The molecule has 6 heteroatoms. The highest BCUT2D eigenvalue weighted by atomic mass is 16.2. The van der Waals surface area contributed by atoms with E-state index in [0.29, 0.717) is 11.3 Å². The summed E-state index contributed by atoms with van der Waals surface area (Å²) in [4.78, 5) is 25.8. The average molecular weight is 220 g/mol. The van der Waals surface area contributed by atoms with Gasteiger partial charge in [-0.3, -0.25) is 14.6 Å². The van der Waals surface area contributed by atoms with Gasteiger partial charge in [-0.05, 0) is 19.1 Å². The molecule has 1 aromatic heterocycles. The number of aromatic nitrogens is 1. The number of hydrazone groups is 1. The van der Waals surface area contributed by atoms with E-state index < -0.39 is 5.91 Å². The fourth-order valence-electron chi connectivity index (χ4n) is 1.01. The van der Waals surface area contributed by atoms with Gasteiger partial charge in [0.1, 0.15) is 0 Å². The second-order valence-electron chi connectivity index (χ2n) is 3.17. The number of hydrogen-bond donors (Lipinski definition) is 2. The van der Waals surface area contributed by atoms with Gasteiger partial charge < -0.3 is 5.73 Å². The second-order valence-corrected chi connectivity index (χ2v) is 3.17. The summed E-state index contributed by atoms with van der Waals surface area (Å²) in [5, 5.41) is 3.74. The van der Waals surface area contributed by atoms with E-state index in [4.69, 9.17) is 5.73 Å². The number of carbonyl (C=O) groups excluding carboxylic acids is 2. The molecule has 0 atom stereocenters. The third-order valence-electron chi connectivity index (χ3n) is 1.72. The molecule has 0 radical (unpaired) electrons. The molecule has 0 unspecified atom stereocenters. The summed E-state index contributed by atoms with van der Waals surface area (Å²) in [7, 11) is 0. The van der Waals surface area contributed by atoms with Gasteiger partial charge in [-0.25, -0.2) is 5.43 Å². The molecule has 2 amide bonds. The fraction of sp³-hybridized carbons (Fsp3) is 0.200. The summed E-state index contributed by atoms with van der Waals surface area (Å²) >= 11 is 0. The highest BCUT2D eigenvalue weighted by Crippen LogP contribution is 1.95. The maximum absolute atomic E-state index is 11.5. The van der Waals surface area contributed by atoms with Gasteiger partial charge in [0.25, 0.3) is 5.91 Å². The lowest BCUT2D eigenvalue weighted by Gasteiger charge is -2.00. The van der Waals surface area contributed by atoms with E-state index in [1.54, 1.807) is 19.1 Å². The highest BCUT2D eigenvalue weighted by Gasteiger charge is 2.03. The minimum Gasteiger partial charge on any atom is -0.369 e. The Morgan fingerprint density at radius 2 is 2.06 bits per heavy atom. The Labute approximate surface area is 92.6 Å². The van der Waals surface area contributed by atoms with Gasteiger partial charge in [-0.2, -0.15) is 5.10 Å². The Kier molecular flexibility index (Phi) is 4.14. The van der Waals surface area contributed by atoms with Gasteiger partial charge >= 0.3 is 0 Å². The number of nitrogens with zero attached hydrogens (tertiary/aromatic N) is 2. The topological polar surface area (TPSA) is 97.4 Å². The van der Waals surface area contributed by atoms with Crippen LogP contribution in [-0.4, -0.2) is 22.5 Å². The van der Waals surface area contributed by atoms with Gasteiger partial charge in [0.05, 0.1) is 6.42 Å². The van der Waals surface area contributed by atoms with Crippen molar-refractivity contribution in [1.82, 2.24) is 10.4 Å². The summed E-state index contributed by atoms with van der Waals surface area (Å²) < 4.78 is 0. The van der Waals surface area contributed by atoms with Crippen LogP contribution in [-0.2, 0) is 4.79 Å². The molecule has 0 aliphatic rings. The third kappa shape index (κ3) is 3.87. The summed E-state index contributed by atoms with van der Waals surface area (Å²) in [5.41, 5.74) is 8.19. The Hall–Kier alpha value is -2.24. The molecule has 0 aliphatic heterocycles. The Morgan fingerprint density at radius 1 is 1.44 bits per heavy atom. The van der Waals surface area contributed by atoms with Crippen LogP contribution in [0.4, 0.5) is 0 Å². The molecule has 0 aromatic carbocycles. The van der Waals surface area contributed by atoms with Gasteiger partial charge in [-0.15, -0.1) is 0 Å². The molecule has 0 spiro atoms. The number of carbonyl (C=O) groups is 2. The largest absolute Gasteiger partial charge is 0.369 e. The minimum absolute atomic E-state index is 0.0244. The van der Waals surface area contributed by atoms with Crippen molar-refractivity contribution in [2.45, 2.75) is 13.3 Å². The van der Waals surface area contributed by atoms with Gasteiger partial charge in [0.15, 0.2) is 0 Å². The molecular weight excluding hydrogens is 208 g/mol. The standard InChI is InChI=1S/C10H12N4O2/c1-7(6-9(11)15)13-14-10(16)8-2-4-12-5-3-8/h2-5H,6H2,1H3,(H2,11,15)(H,14,16)/b13-7+. The lowest BCUT2D eigenvalue weighted by molar-refractivity contribution is -0.116. The molecule has 84 valence electrons. The molecule has 6 nitrogen and oxygen atoms in total. The predicted molar refractivity (Wildman–Crippen MR) is 58.6 cm³/mol. The van der Waals surface area contributed by atoms with E-state index in [1.807, 2.05) is 0 Å². The first kappa shape index (κ1) is 11.8. The number of nitrogens with two attached hydrogens (primary N) is 1. The second kappa shape index (κ2) is 5.59. The first-order valence-electron chi connectivity index (χ1n) is 4.61. The van der Waals surface area contributed by atoms with Crippen LogP contribution in [0.5, 0.6) is 0 Å². The predicted octanol–water partition coefficient (Wildman–Crippen LogP) is 0.0627. The maximum Gasteiger partial charge on any atom is 0.271 e. The van der Waals surface area contributed by atoms with E-state index in [-0.39, 0.29) is 12.3 Å². The smallest absolute Gasteiger partial charge is 0.271 e. The maximum atomic E-state index is 11.5. The van der Waals surface area contributed by atoms with E-state index in [9.17, 15) is 9.59 Å². The number of amides is 2. The van der Waals surface area contributed by atoms with Gasteiger partial charge in [0, 0.05) is 23.7 Å². The SMILES string of the molecule is C/C(CC(N)=O)=N\NC(=O)c1ccncc1. The number of rotatable bonds is 4. The number of pyridine rings is 1. The molecule has 1 aromatic rings. The number of nitrogens with one attached hydrogen (secondary N) is 1. The van der Waals surface area contributed by atoms with Crippen LogP contribution >= 0.6 is 0 Å². The van der Waals surface area contributed by atoms with E-state index in [1.165, 1.54) is 12.4 Å². The first-order chi connectivity index (χ1) is 7.59. The molecule has 0 fully saturated rings. The molecule has 3 N–H and O–H groups in total. The zero-order chi connectivity index (χ0) is 12.0. The van der Waals surface area contributed by atoms with E-state index in [2.05, 4.69) is 15.5 Å². The fourth-order valence-corrected chi connectivity index (χ4v) is 1.01. The monoisotopic (exact) mass is 220 g/mol. The van der Waals surface area contributed by atoms with Crippen molar-refractivity contribution < 1.29 is 9.59 Å². The molecule has 0 saturated carbocycles. The normalized spacial score (nSPS) is 10.9. The summed E-state index contributed by atoms with van der Waals surface area (Å²) in [6.45, 7) is 1.61. The quantitative estimate of drug-likeness (QED) is 0.554. The molecule has 1 rings (SSSR count). The van der Waals surface area contributed by atoms with Crippen LogP contribution in [0.1, 0.15) is 23.7 Å². The van der Waals surface area contributed by atoms with Crippen LogP contribution in [0.3, 0.4) is 0 Å². The zero-order valence-electron chi connectivity index (χ0n) is 8.80. The highest BCUT2D eigenvalue weighted by molar-refractivity contribution is 6.00. The Morgan fingerprint density at radius 3 is 2.62 bits per heavy atom. The van der Waals surface area contributed by atoms with Gasteiger partial charge in [-0.1, -0.05) is 0 Å². The average Bonchev–Trinajstić information content (AvgIpc) is 2.26. The lowest BCUT2D eigenvalue weighted by atomic mass is 10.2. The van der Waals surface area contributed by atoms with Crippen molar-refractivity contribution in [1.29, 1.82) is 0 Å². The van der Waals surface area contributed by atoms with Crippen LogP contribution in [0, 0.1) is 0 Å². The van der Waals surface area contributed by atoms with E-state index >= 15 is 0 Å². The lowest BCUT2D eigenvalue weighted by Crippen LogP contribution is -2.21. The van der Waals surface area contributed by atoms with Crippen molar-refractivity contribution >= 4 is 17.5 Å². The van der Waals surface area contributed by atoms with Crippen LogP contribution in [0.15, 0.2) is 29.6 Å².